The van der Waals surface area contributed by atoms with Crippen LogP contribution in [0.2, 0.25) is 0 Å². The van der Waals surface area contributed by atoms with Crippen molar-refractivity contribution >= 4 is 15.9 Å². The van der Waals surface area contributed by atoms with Gasteiger partial charge in [0.05, 0.1) is 0 Å². The first-order chi connectivity index (χ1) is 9.31. The molecule has 100 valence electrons. The van der Waals surface area contributed by atoms with Gasteiger partial charge in [0.1, 0.15) is 11.5 Å². The third-order valence-corrected chi connectivity index (χ3v) is 3.70. The molecular weight excluding hydrogens is 300 g/mol. The van der Waals surface area contributed by atoms with Crippen LogP contribution in [0.15, 0.2) is 48.5 Å². The first-order valence-electron chi connectivity index (χ1n) is 6.73. The molecule has 0 aromatic heterocycles. The minimum Gasteiger partial charge on any atom is -0.457 e. The smallest absolute Gasteiger partial charge is 0.127 e. The van der Waals surface area contributed by atoms with Crippen LogP contribution in [0.1, 0.15) is 30.9 Å². The van der Waals surface area contributed by atoms with E-state index in [1.165, 1.54) is 24.0 Å². The summed E-state index contributed by atoms with van der Waals surface area (Å²) >= 11 is 3.44. The van der Waals surface area contributed by atoms with Crippen molar-refractivity contribution in [3.05, 3.63) is 59.7 Å². The zero-order chi connectivity index (χ0) is 13.5. The van der Waals surface area contributed by atoms with Gasteiger partial charge >= 0.3 is 0 Å². The quantitative estimate of drug-likeness (QED) is 0.619. The van der Waals surface area contributed by atoms with Crippen LogP contribution >= 0.6 is 15.9 Å². The molecule has 0 unspecified atom stereocenters. The minimum absolute atomic E-state index is 0.874. The molecule has 0 atom stereocenters. The fraction of sp³-hybridized carbons (Fsp3) is 0.294. The molecule has 0 aliphatic carbocycles. The first-order valence-corrected chi connectivity index (χ1v) is 7.85. The molecule has 19 heavy (non-hydrogen) atoms. The predicted octanol–water partition coefficient (Wildman–Crippen LogP) is 5.72. The third-order valence-electron chi connectivity index (χ3n) is 3.06. The van der Waals surface area contributed by atoms with E-state index in [1.807, 2.05) is 24.3 Å². The van der Waals surface area contributed by atoms with E-state index in [0.717, 1.165) is 23.2 Å². The number of benzene rings is 2. The molecule has 2 aromatic carbocycles. The first kappa shape index (κ1) is 14.1. The molecule has 0 bridgehead atoms. The van der Waals surface area contributed by atoms with Crippen molar-refractivity contribution in [1.82, 2.24) is 0 Å². The van der Waals surface area contributed by atoms with E-state index in [4.69, 9.17) is 4.74 Å². The van der Waals surface area contributed by atoms with Crippen molar-refractivity contribution in [1.29, 1.82) is 0 Å². The molecule has 0 amide bonds. The molecule has 0 N–H and O–H groups in total. The van der Waals surface area contributed by atoms with Gasteiger partial charge in [-0.25, -0.2) is 0 Å². The number of rotatable bonds is 6. The maximum Gasteiger partial charge on any atom is 0.127 e. The Morgan fingerprint density at radius 2 is 1.37 bits per heavy atom. The predicted molar refractivity (Wildman–Crippen MR) is 84.2 cm³/mol. The average Bonchev–Trinajstić information content (AvgIpc) is 2.47. The Hall–Kier alpha value is -1.28. The van der Waals surface area contributed by atoms with Crippen LogP contribution in [0.4, 0.5) is 0 Å². The van der Waals surface area contributed by atoms with E-state index in [-0.39, 0.29) is 0 Å². The number of aryl methyl sites for hydroxylation is 1. The second-order valence-electron chi connectivity index (χ2n) is 4.63. The van der Waals surface area contributed by atoms with Crippen LogP contribution in [0.3, 0.4) is 0 Å². The number of hydrogen-bond acceptors (Lipinski definition) is 1. The summed E-state index contributed by atoms with van der Waals surface area (Å²) in [6, 6.07) is 16.5. The number of alkyl halides is 1. The van der Waals surface area contributed by atoms with Crippen molar-refractivity contribution in [2.75, 3.05) is 0 Å². The van der Waals surface area contributed by atoms with E-state index < -0.39 is 0 Å². The number of unbranched alkanes of at least 4 members (excludes halogenated alkanes) is 1. The lowest BCUT2D eigenvalue weighted by Gasteiger charge is -2.07. The molecule has 0 fully saturated rings. The molecule has 0 saturated heterocycles. The van der Waals surface area contributed by atoms with E-state index >= 15 is 0 Å². The summed E-state index contributed by atoms with van der Waals surface area (Å²) < 4.78 is 5.82. The van der Waals surface area contributed by atoms with Gasteiger partial charge in [0, 0.05) is 5.33 Å². The van der Waals surface area contributed by atoms with Gasteiger partial charge in [0.15, 0.2) is 0 Å². The van der Waals surface area contributed by atoms with Gasteiger partial charge in [-0.1, -0.05) is 53.5 Å². The second-order valence-corrected chi connectivity index (χ2v) is 5.19. The van der Waals surface area contributed by atoms with Crippen LogP contribution in [0.25, 0.3) is 0 Å². The fourth-order valence-electron chi connectivity index (χ4n) is 1.89. The zero-order valence-corrected chi connectivity index (χ0v) is 12.8. The maximum absolute atomic E-state index is 5.82. The van der Waals surface area contributed by atoms with Crippen LogP contribution < -0.4 is 4.74 Å². The minimum atomic E-state index is 0.874. The molecule has 0 heterocycles. The highest BCUT2D eigenvalue weighted by atomic mass is 79.9. The number of halogens is 1. The summed E-state index contributed by atoms with van der Waals surface area (Å²) in [6.07, 6.45) is 3.63. The van der Waals surface area contributed by atoms with Crippen molar-refractivity contribution in [2.45, 2.75) is 31.5 Å². The number of ether oxygens (including phenoxy) is 1. The lowest BCUT2D eigenvalue weighted by Crippen LogP contribution is -1.87. The molecule has 2 aromatic rings. The molecular formula is C17H19BrO. The summed E-state index contributed by atoms with van der Waals surface area (Å²) in [5.74, 6) is 1.78. The lowest BCUT2D eigenvalue weighted by molar-refractivity contribution is 0.482. The number of hydrogen-bond donors (Lipinski definition) is 0. The van der Waals surface area contributed by atoms with E-state index in [1.54, 1.807) is 0 Å². The van der Waals surface area contributed by atoms with E-state index in [2.05, 4.69) is 47.1 Å². The van der Waals surface area contributed by atoms with Crippen LogP contribution in [0, 0.1) is 0 Å². The lowest BCUT2D eigenvalue weighted by atomic mass is 10.1. The van der Waals surface area contributed by atoms with E-state index in [0.29, 0.717) is 0 Å². The van der Waals surface area contributed by atoms with Gasteiger partial charge in [-0.2, -0.15) is 0 Å². The molecule has 0 spiro atoms. The Morgan fingerprint density at radius 1 is 0.842 bits per heavy atom. The molecule has 1 nitrogen and oxygen atoms in total. The zero-order valence-electron chi connectivity index (χ0n) is 11.2. The standard InChI is InChI=1S/C17H19BrO/c1-2-3-4-14-5-9-16(10-6-14)19-17-11-7-15(13-18)8-12-17/h5-12H,2-4,13H2,1H3. The topological polar surface area (TPSA) is 9.23 Å². The average molecular weight is 319 g/mol. The Kier molecular flexibility index (Phi) is 5.46. The van der Waals surface area contributed by atoms with Gasteiger partial charge < -0.3 is 4.74 Å². The van der Waals surface area contributed by atoms with Crippen molar-refractivity contribution in [2.24, 2.45) is 0 Å². The highest BCUT2D eigenvalue weighted by Crippen LogP contribution is 2.23. The molecule has 0 radical (unpaired) electrons. The van der Waals surface area contributed by atoms with Crippen molar-refractivity contribution in [3.63, 3.8) is 0 Å². The van der Waals surface area contributed by atoms with Gasteiger partial charge in [-0.3, -0.25) is 0 Å². The normalized spacial score (nSPS) is 10.4. The summed E-state index contributed by atoms with van der Waals surface area (Å²) in [7, 11) is 0. The summed E-state index contributed by atoms with van der Waals surface area (Å²) in [5.41, 5.74) is 2.63. The second kappa shape index (κ2) is 7.34. The third kappa shape index (κ3) is 4.39. The van der Waals surface area contributed by atoms with Crippen LogP contribution in [-0.2, 0) is 11.8 Å². The van der Waals surface area contributed by atoms with Gasteiger partial charge in [0.2, 0.25) is 0 Å². The fourth-order valence-corrected chi connectivity index (χ4v) is 2.26. The molecule has 0 aliphatic rings. The summed E-state index contributed by atoms with van der Waals surface area (Å²) in [5, 5.41) is 0.874. The van der Waals surface area contributed by atoms with Gasteiger partial charge in [-0.05, 0) is 48.2 Å². The monoisotopic (exact) mass is 318 g/mol. The van der Waals surface area contributed by atoms with Gasteiger partial charge in [-0.15, -0.1) is 0 Å². The molecule has 0 saturated carbocycles. The van der Waals surface area contributed by atoms with Crippen LogP contribution in [-0.4, -0.2) is 0 Å². The van der Waals surface area contributed by atoms with Crippen molar-refractivity contribution < 1.29 is 4.74 Å². The highest BCUT2D eigenvalue weighted by molar-refractivity contribution is 9.08. The Bertz CT molecular complexity index is 488. The Balaban J connectivity index is 1.98. The SMILES string of the molecule is CCCCc1ccc(Oc2ccc(CBr)cc2)cc1. The molecule has 0 aliphatic heterocycles. The van der Waals surface area contributed by atoms with Crippen molar-refractivity contribution in [3.8, 4) is 11.5 Å². The Morgan fingerprint density at radius 3 is 1.84 bits per heavy atom. The summed E-state index contributed by atoms with van der Waals surface area (Å²) in [6.45, 7) is 2.22. The molecule has 2 rings (SSSR count). The summed E-state index contributed by atoms with van der Waals surface area (Å²) in [4.78, 5) is 0. The van der Waals surface area contributed by atoms with Crippen LogP contribution in [0.5, 0.6) is 11.5 Å². The largest absolute Gasteiger partial charge is 0.457 e. The van der Waals surface area contributed by atoms with Gasteiger partial charge in [0.25, 0.3) is 0 Å². The maximum atomic E-state index is 5.82. The van der Waals surface area contributed by atoms with E-state index in [9.17, 15) is 0 Å². The molecule has 2 heteroatoms. The Labute approximate surface area is 123 Å². The highest BCUT2D eigenvalue weighted by Gasteiger charge is 1.98.